The number of aliphatic hydroxyl groups is 2. The van der Waals surface area contributed by atoms with Crippen LogP contribution in [0.1, 0.15) is 40.5 Å². The molecule has 0 aliphatic heterocycles. The topological polar surface area (TPSA) is 107 Å². The van der Waals surface area contributed by atoms with Gasteiger partial charge in [-0.1, -0.05) is 13.8 Å². The first-order chi connectivity index (χ1) is 8.47. The summed E-state index contributed by atoms with van der Waals surface area (Å²) in [6, 6.07) is -0.653. The maximum atomic E-state index is 12.1. The van der Waals surface area contributed by atoms with Crippen LogP contribution in [0.2, 0.25) is 0 Å². The van der Waals surface area contributed by atoms with Crippen LogP contribution in [-0.4, -0.2) is 45.4 Å². The van der Waals surface area contributed by atoms with Gasteiger partial charge >= 0.3 is 5.97 Å². The zero-order valence-electron chi connectivity index (χ0n) is 11.8. The quantitative estimate of drug-likeness (QED) is 0.569. The van der Waals surface area contributed by atoms with E-state index in [1.807, 2.05) is 0 Å². The van der Waals surface area contributed by atoms with Crippen LogP contribution in [0, 0.1) is 10.8 Å². The number of carbonyl (C=O) groups is 2. The molecule has 1 rings (SSSR count). The van der Waals surface area contributed by atoms with Crippen molar-refractivity contribution < 1.29 is 24.9 Å². The lowest BCUT2D eigenvalue weighted by atomic mass is 9.74. The molecule has 0 bridgehead atoms. The average Bonchev–Trinajstić information content (AvgIpc) is 2.24. The van der Waals surface area contributed by atoms with Crippen LogP contribution in [-0.2, 0) is 9.59 Å². The van der Waals surface area contributed by atoms with E-state index in [4.69, 9.17) is 5.11 Å². The molecule has 1 amide bonds. The van der Waals surface area contributed by atoms with E-state index in [0.717, 1.165) is 0 Å². The van der Waals surface area contributed by atoms with Gasteiger partial charge in [-0.3, -0.25) is 9.59 Å². The van der Waals surface area contributed by atoms with Crippen molar-refractivity contribution in [2.24, 2.45) is 10.8 Å². The Balaban J connectivity index is 2.66. The van der Waals surface area contributed by atoms with E-state index in [1.165, 1.54) is 0 Å². The minimum Gasteiger partial charge on any atom is -0.481 e. The lowest BCUT2D eigenvalue weighted by molar-refractivity contribution is -0.151. The molecule has 0 radical (unpaired) electrons. The normalized spacial score (nSPS) is 27.6. The Morgan fingerprint density at radius 1 is 1.11 bits per heavy atom. The van der Waals surface area contributed by atoms with Crippen molar-refractivity contribution in [1.29, 1.82) is 0 Å². The first kappa shape index (κ1) is 15.9. The molecule has 1 aliphatic carbocycles. The second-order valence-electron chi connectivity index (χ2n) is 6.62. The van der Waals surface area contributed by atoms with Crippen LogP contribution in [0.5, 0.6) is 0 Å². The fourth-order valence-electron chi connectivity index (χ4n) is 2.40. The van der Waals surface area contributed by atoms with Gasteiger partial charge in [0.05, 0.1) is 23.7 Å². The van der Waals surface area contributed by atoms with Gasteiger partial charge in [0.2, 0.25) is 5.91 Å². The average molecular weight is 273 g/mol. The van der Waals surface area contributed by atoms with Crippen LogP contribution in [0.15, 0.2) is 0 Å². The number of hydrogen-bond acceptors (Lipinski definition) is 4. The first-order valence-corrected chi connectivity index (χ1v) is 6.38. The molecule has 6 heteroatoms. The Morgan fingerprint density at radius 2 is 1.58 bits per heavy atom. The number of aliphatic carboxylic acids is 1. The van der Waals surface area contributed by atoms with E-state index in [1.54, 1.807) is 27.7 Å². The predicted molar refractivity (Wildman–Crippen MR) is 68.4 cm³/mol. The SMILES string of the molecule is CC(C)(CC(C)(C)C(=O)NC1C(O)CC1O)C(=O)O. The highest BCUT2D eigenvalue weighted by Gasteiger charge is 2.44. The number of hydrogen-bond donors (Lipinski definition) is 4. The maximum absolute atomic E-state index is 12.1. The number of rotatable bonds is 5. The van der Waals surface area contributed by atoms with Crippen LogP contribution in [0.3, 0.4) is 0 Å². The molecule has 0 spiro atoms. The van der Waals surface area contributed by atoms with Gasteiger partial charge in [0, 0.05) is 11.8 Å². The third-order valence-electron chi connectivity index (χ3n) is 3.69. The molecule has 2 atom stereocenters. The maximum Gasteiger partial charge on any atom is 0.309 e. The summed E-state index contributed by atoms with van der Waals surface area (Å²) in [6.45, 7) is 6.45. The molecule has 110 valence electrons. The summed E-state index contributed by atoms with van der Waals surface area (Å²) >= 11 is 0. The monoisotopic (exact) mass is 273 g/mol. The molecular formula is C13H23NO5. The Bertz CT molecular complexity index is 369. The third kappa shape index (κ3) is 3.45. The minimum atomic E-state index is -1.02. The van der Waals surface area contributed by atoms with Crippen molar-refractivity contribution in [3.05, 3.63) is 0 Å². The van der Waals surface area contributed by atoms with Crippen molar-refractivity contribution in [2.75, 3.05) is 0 Å². The summed E-state index contributed by atoms with van der Waals surface area (Å²) in [4.78, 5) is 23.2. The zero-order valence-corrected chi connectivity index (χ0v) is 11.8. The molecule has 1 saturated carbocycles. The zero-order chi connectivity index (χ0) is 15.0. The van der Waals surface area contributed by atoms with Gasteiger partial charge in [0.15, 0.2) is 0 Å². The molecule has 2 unspecified atom stereocenters. The number of amides is 1. The number of carboxylic acids is 1. The van der Waals surface area contributed by atoms with E-state index in [-0.39, 0.29) is 18.7 Å². The fraction of sp³-hybridized carbons (Fsp3) is 0.846. The van der Waals surface area contributed by atoms with E-state index < -0.39 is 35.0 Å². The number of aliphatic hydroxyl groups excluding tert-OH is 2. The molecule has 1 fully saturated rings. The number of nitrogens with one attached hydrogen (secondary N) is 1. The Hall–Kier alpha value is -1.14. The summed E-state index contributed by atoms with van der Waals surface area (Å²) in [7, 11) is 0. The van der Waals surface area contributed by atoms with Gasteiger partial charge in [0.1, 0.15) is 0 Å². The van der Waals surface area contributed by atoms with Crippen LogP contribution < -0.4 is 5.32 Å². The summed E-state index contributed by atoms with van der Waals surface area (Å²) < 4.78 is 0. The summed E-state index contributed by atoms with van der Waals surface area (Å²) in [5.41, 5.74) is -1.91. The lowest BCUT2D eigenvalue weighted by Gasteiger charge is -2.41. The number of carbonyl (C=O) groups excluding carboxylic acids is 1. The van der Waals surface area contributed by atoms with E-state index >= 15 is 0 Å². The molecule has 0 heterocycles. The van der Waals surface area contributed by atoms with Crippen molar-refractivity contribution in [1.82, 2.24) is 5.32 Å². The second kappa shape index (κ2) is 5.09. The molecule has 0 aromatic rings. The van der Waals surface area contributed by atoms with Gasteiger partial charge in [-0.2, -0.15) is 0 Å². The molecular weight excluding hydrogens is 250 g/mol. The lowest BCUT2D eigenvalue weighted by Crippen LogP contribution is -2.62. The Morgan fingerprint density at radius 3 is 1.95 bits per heavy atom. The first-order valence-electron chi connectivity index (χ1n) is 6.38. The highest BCUT2D eigenvalue weighted by molar-refractivity contribution is 5.83. The molecule has 19 heavy (non-hydrogen) atoms. The highest BCUT2D eigenvalue weighted by atomic mass is 16.4. The molecule has 1 aliphatic rings. The highest BCUT2D eigenvalue weighted by Crippen LogP contribution is 2.34. The summed E-state index contributed by atoms with van der Waals surface area (Å²) in [6.07, 6.45) is -1.05. The predicted octanol–water partition coefficient (Wildman–Crippen LogP) is 0.124. The molecule has 4 N–H and O–H groups in total. The second-order valence-corrected chi connectivity index (χ2v) is 6.62. The van der Waals surface area contributed by atoms with Gasteiger partial charge in [-0.15, -0.1) is 0 Å². The van der Waals surface area contributed by atoms with Gasteiger partial charge < -0.3 is 20.6 Å². The van der Waals surface area contributed by atoms with E-state index in [0.29, 0.717) is 0 Å². The van der Waals surface area contributed by atoms with Gasteiger partial charge in [-0.05, 0) is 20.3 Å². The van der Waals surface area contributed by atoms with Crippen molar-refractivity contribution in [3.63, 3.8) is 0 Å². The Labute approximate surface area is 112 Å². The summed E-state index contributed by atoms with van der Waals surface area (Å²) in [5, 5.41) is 30.6. The van der Waals surface area contributed by atoms with Crippen molar-refractivity contribution in [2.45, 2.75) is 58.8 Å². The van der Waals surface area contributed by atoms with E-state index in [2.05, 4.69) is 5.32 Å². The van der Waals surface area contributed by atoms with Crippen LogP contribution in [0.4, 0.5) is 0 Å². The standard InChI is InChI=1S/C13H23NO5/c1-12(2,6-13(3,4)11(18)19)10(17)14-9-7(15)5-8(9)16/h7-9,15-16H,5-6H2,1-4H3,(H,14,17)(H,18,19). The van der Waals surface area contributed by atoms with Crippen LogP contribution in [0.25, 0.3) is 0 Å². The Kier molecular flexibility index (Phi) is 4.27. The summed E-state index contributed by atoms with van der Waals surface area (Å²) in [5.74, 6) is -1.32. The van der Waals surface area contributed by atoms with Gasteiger partial charge in [-0.25, -0.2) is 0 Å². The minimum absolute atomic E-state index is 0.167. The van der Waals surface area contributed by atoms with Crippen LogP contribution >= 0.6 is 0 Å². The number of carboxylic acid groups (broad SMARTS) is 1. The largest absolute Gasteiger partial charge is 0.481 e. The molecule has 6 nitrogen and oxygen atoms in total. The van der Waals surface area contributed by atoms with Crippen molar-refractivity contribution in [3.8, 4) is 0 Å². The molecule has 0 aromatic carbocycles. The smallest absolute Gasteiger partial charge is 0.309 e. The van der Waals surface area contributed by atoms with Crippen molar-refractivity contribution >= 4 is 11.9 Å². The fourth-order valence-corrected chi connectivity index (χ4v) is 2.40. The molecule has 0 saturated heterocycles. The molecule has 0 aromatic heterocycles. The van der Waals surface area contributed by atoms with E-state index in [9.17, 15) is 19.8 Å². The van der Waals surface area contributed by atoms with Gasteiger partial charge in [0.25, 0.3) is 0 Å². The third-order valence-corrected chi connectivity index (χ3v) is 3.69.